The summed E-state index contributed by atoms with van der Waals surface area (Å²) in [5, 5.41) is 0. The molecule has 0 saturated carbocycles. The van der Waals surface area contributed by atoms with E-state index in [1.54, 1.807) is 0 Å². The van der Waals surface area contributed by atoms with Crippen molar-refractivity contribution in [2.45, 2.75) is 25.1 Å². The monoisotopic (exact) mass is 111 g/mol. The highest BCUT2D eigenvalue weighted by Crippen LogP contribution is 2.13. The predicted molar refractivity (Wildman–Crippen MR) is 35.0 cm³/mol. The zero-order valence-electron chi connectivity index (χ0n) is 4.78. The van der Waals surface area contributed by atoms with Crippen LogP contribution in [0, 0.1) is 0 Å². The van der Waals surface area contributed by atoms with Crippen LogP contribution in [0.3, 0.4) is 0 Å². The SMILES string of the molecule is CC[Si]1CC=CC1. The fraction of sp³-hybridized carbons (Fsp3) is 0.667. The first-order chi connectivity index (χ1) is 3.43. The number of allylic oxidation sites excluding steroid dienone is 2. The molecule has 0 aromatic carbocycles. The molecule has 0 nitrogen and oxygen atoms in total. The summed E-state index contributed by atoms with van der Waals surface area (Å²) >= 11 is 0. The quantitative estimate of drug-likeness (QED) is 0.359. The molecule has 1 aliphatic heterocycles. The van der Waals surface area contributed by atoms with Crippen molar-refractivity contribution in [2.75, 3.05) is 0 Å². The summed E-state index contributed by atoms with van der Waals surface area (Å²) < 4.78 is 0. The van der Waals surface area contributed by atoms with E-state index in [9.17, 15) is 0 Å². The molecule has 1 heteroatoms. The highest BCUT2D eigenvalue weighted by Gasteiger charge is 2.07. The van der Waals surface area contributed by atoms with Gasteiger partial charge in [-0.05, 0) is 12.1 Å². The Hall–Kier alpha value is -0.0431. The van der Waals surface area contributed by atoms with Gasteiger partial charge in [-0.2, -0.15) is 0 Å². The molecule has 0 amide bonds. The van der Waals surface area contributed by atoms with Gasteiger partial charge in [0.15, 0.2) is 0 Å². The fourth-order valence-corrected chi connectivity index (χ4v) is 2.62. The van der Waals surface area contributed by atoms with Crippen molar-refractivity contribution in [3.8, 4) is 0 Å². The van der Waals surface area contributed by atoms with Crippen LogP contribution in [0.25, 0.3) is 0 Å². The highest BCUT2D eigenvalue weighted by atomic mass is 28.3. The Balaban J connectivity index is 2.22. The van der Waals surface area contributed by atoms with E-state index in [1.807, 2.05) is 0 Å². The van der Waals surface area contributed by atoms with E-state index in [1.165, 1.54) is 18.1 Å². The maximum atomic E-state index is 2.33. The van der Waals surface area contributed by atoms with Crippen LogP contribution >= 0.6 is 0 Å². The zero-order valence-corrected chi connectivity index (χ0v) is 5.78. The number of hydrogen-bond donors (Lipinski definition) is 0. The van der Waals surface area contributed by atoms with E-state index in [0.717, 1.165) is 0 Å². The van der Waals surface area contributed by atoms with Crippen LogP contribution in [0.4, 0.5) is 0 Å². The van der Waals surface area contributed by atoms with E-state index in [2.05, 4.69) is 19.1 Å². The normalized spacial score (nSPS) is 21.3. The topological polar surface area (TPSA) is 0 Å². The smallest absolute Gasteiger partial charge is 0.0555 e. The Morgan fingerprint density at radius 3 is 2.29 bits per heavy atom. The lowest BCUT2D eigenvalue weighted by Crippen LogP contribution is -2.01. The van der Waals surface area contributed by atoms with Gasteiger partial charge in [-0.25, -0.2) is 0 Å². The van der Waals surface area contributed by atoms with Crippen LogP contribution in [-0.2, 0) is 0 Å². The molecule has 1 aliphatic rings. The second-order valence-electron chi connectivity index (χ2n) is 1.98. The minimum Gasteiger partial charge on any atom is -0.0917 e. The van der Waals surface area contributed by atoms with Crippen LogP contribution in [0.5, 0.6) is 0 Å². The van der Waals surface area contributed by atoms with Crippen molar-refractivity contribution < 1.29 is 0 Å². The van der Waals surface area contributed by atoms with E-state index in [4.69, 9.17) is 0 Å². The third-order valence-electron chi connectivity index (χ3n) is 1.48. The van der Waals surface area contributed by atoms with E-state index in [0.29, 0.717) is 0 Å². The van der Waals surface area contributed by atoms with Crippen molar-refractivity contribution in [1.82, 2.24) is 0 Å². The maximum absolute atomic E-state index is 2.33. The van der Waals surface area contributed by atoms with Gasteiger partial charge in [0.2, 0.25) is 0 Å². The first kappa shape index (κ1) is 5.10. The first-order valence-corrected chi connectivity index (χ1v) is 5.04. The third kappa shape index (κ3) is 1.16. The average Bonchev–Trinajstić information content (AvgIpc) is 2.14. The minimum atomic E-state index is 0.137. The van der Waals surface area contributed by atoms with Crippen LogP contribution in [0.2, 0.25) is 18.1 Å². The molecule has 0 spiro atoms. The second-order valence-corrected chi connectivity index (χ2v) is 5.01. The molecule has 0 aromatic heterocycles. The lowest BCUT2D eigenvalue weighted by Gasteiger charge is -1.97. The first-order valence-electron chi connectivity index (χ1n) is 2.92. The van der Waals surface area contributed by atoms with Gasteiger partial charge in [0.25, 0.3) is 0 Å². The Kier molecular flexibility index (Phi) is 1.68. The second kappa shape index (κ2) is 2.31. The summed E-state index contributed by atoms with van der Waals surface area (Å²) in [5.74, 6) is 0. The Labute approximate surface area is 46.8 Å². The van der Waals surface area contributed by atoms with Crippen molar-refractivity contribution in [2.24, 2.45) is 0 Å². The van der Waals surface area contributed by atoms with Gasteiger partial charge in [0.1, 0.15) is 0 Å². The summed E-state index contributed by atoms with van der Waals surface area (Å²) in [6.07, 6.45) is 4.66. The molecule has 39 valence electrons. The molecule has 0 saturated heterocycles. The molecule has 0 aliphatic carbocycles. The summed E-state index contributed by atoms with van der Waals surface area (Å²) in [4.78, 5) is 0. The Morgan fingerprint density at radius 1 is 1.43 bits per heavy atom. The largest absolute Gasteiger partial charge is 0.0917 e. The average molecular weight is 111 g/mol. The van der Waals surface area contributed by atoms with E-state index in [-0.39, 0.29) is 8.80 Å². The molecule has 0 atom stereocenters. The molecule has 0 N–H and O–H groups in total. The fourth-order valence-electron chi connectivity index (χ4n) is 0.872. The van der Waals surface area contributed by atoms with Gasteiger partial charge in [0.05, 0.1) is 8.80 Å². The van der Waals surface area contributed by atoms with E-state index >= 15 is 0 Å². The van der Waals surface area contributed by atoms with Crippen molar-refractivity contribution in [3.63, 3.8) is 0 Å². The number of rotatable bonds is 1. The maximum Gasteiger partial charge on any atom is 0.0555 e. The predicted octanol–water partition coefficient (Wildman–Crippen LogP) is 2.07. The summed E-state index contributed by atoms with van der Waals surface area (Å²) in [7, 11) is 0.137. The molecule has 1 radical (unpaired) electrons. The van der Waals surface area contributed by atoms with Gasteiger partial charge < -0.3 is 0 Å². The van der Waals surface area contributed by atoms with Gasteiger partial charge >= 0.3 is 0 Å². The van der Waals surface area contributed by atoms with Crippen LogP contribution in [-0.4, -0.2) is 8.80 Å². The standard InChI is InChI=1S/C6H11Si/c1-2-7-5-3-4-6-7/h3-4H,2,5-6H2,1H3. The molecule has 7 heavy (non-hydrogen) atoms. The Bertz CT molecular complexity index is 68.2. The van der Waals surface area contributed by atoms with Crippen molar-refractivity contribution in [3.05, 3.63) is 12.2 Å². The van der Waals surface area contributed by atoms with Crippen molar-refractivity contribution in [1.29, 1.82) is 0 Å². The minimum absolute atomic E-state index is 0.137. The molecule has 0 fully saturated rings. The summed E-state index contributed by atoms with van der Waals surface area (Å²) in [6.45, 7) is 2.31. The van der Waals surface area contributed by atoms with Gasteiger partial charge in [-0.3, -0.25) is 0 Å². The lowest BCUT2D eigenvalue weighted by molar-refractivity contribution is 1.37. The molecule has 0 bridgehead atoms. The van der Waals surface area contributed by atoms with Crippen LogP contribution < -0.4 is 0 Å². The lowest BCUT2D eigenvalue weighted by atomic mass is 10.6. The van der Waals surface area contributed by atoms with Crippen LogP contribution in [0.1, 0.15) is 6.92 Å². The van der Waals surface area contributed by atoms with Gasteiger partial charge in [0, 0.05) is 0 Å². The Morgan fingerprint density at radius 2 is 2.00 bits per heavy atom. The molecular formula is C6H11Si. The summed E-state index contributed by atoms with van der Waals surface area (Å²) in [6, 6.07) is 4.32. The third-order valence-corrected chi connectivity index (χ3v) is 4.11. The molecule has 0 aromatic rings. The molecule has 1 rings (SSSR count). The van der Waals surface area contributed by atoms with Crippen molar-refractivity contribution >= 4 is 8.80 Å². The summed E-state index contributed by atoms with van der Waals surface area (Å²) in [5.41, 5.74) is 0. The molecule has 0 unspecified atom stereocenters. The molecule has 1 heterocycles. The number of hydrogen-bond acceptors (Lipinski definition) is 0. The van der Waals surface area contributed by atoms with Gasteiger partial charge in [-0.15, -0.1) is 0 Å². The zero-order chi connectivity index (χ0) is 5.11. The highest BCUT2D eigenvalue weighted by molar-refractivity contribution is 6.60. The van der Waals surface area contributed by atoms with E-state index < -0.39 is 0 Å². The van der Waals surface area contributed by atoms with Crippen LogP contribution in [0.15, 0.2) is 12.2 Å². The van der Waals surface area contributed by atoms with Gasteiger partial charge in [-0.1, -0.05) is 25.1 Å². The molecular weight excluding hydrogens is 100 g/mol.